The summed E-state index contributed by atoms with van der Waals surface area (Å²) >= 11 is 0. The van der Waals surface area contributed by atoms with Crippen LogP contribution in [0, 0.1) is 22.7 Å². The van der Waals surface area contributed by atoms with Crippen LogP contribution in [0.1, 0.15) is 11.1 Å². The minimum Gasteiger partial charge on any atom is -0.309 e. The predicted molar refractivity (Wildman–Crippen MR) is 170 cm³/mol. The molecule has 0 saturated carbocycles. The Bertz CT molecular complexity index is 2390. The van der Waals surface area contributed by atoms with Crippen molar-refractivity contribution in [3.05, 3.63) is 145 Å². The Balaban J connectivity index is 1.44. The molecule has 42 heavy (non-hydrogen) atoms. The lowest BCUT2D eigenvalue weighted by atomic mass is 9.96. The van der Waals surface area contributed by atoms with Gasteiger partial charge in [-0.15, -0.1) is 0 Å². The monoisotopic (exact) mass is 534 g/mol. The van der Waals surface area contributed by atoms with Crippen molar-refractivity contribution in [2.45, 2.75) is 0 Å². The van der Waals surface area contributed by atoms with Gasteiger partial charge in [0.25, 0.3) is 0 Å². The highest BCUT2D eigenvalue weighted by Crippen LogP contribution is 2.40. The first-order chi connectivity index (χ1) is 20.8. The van der Waals surface area contributed by atoms with Gasteiger partial charge in [-0.2, -0.15) is 10.5 Å². The quantitative estimate of drug-likeness (QED) is 0.227. The van der Waals surface area contributed by atoms with E-state index in [0.29, 0.717) is 11.1 Å². The van der Waals surface area contributed by atoms with Crippen molar-refractivity contribution in [3.63, 3.8) is 0 Å². The van der Waals surface area contributed by atoms with Crippen molar-refractivity contribution in [2.75, 3.05) is 0 Å². The topological polar surface area (TPSA) is 57.4 Å². The predicted octanol–water partition coefficient (Wildman–Crippen LogP) is 9.29. The van der Waals surface area contributed by atoms with Crippen LogP contribution in [0.5, 0.6) is 0 Å². The van der Waals surface area contributed by atoms with Gasteiger partial charge in [-0.3, -0.25) is 0 Å². The first-order valence-corrected chi connectivity index (χ1v) is 13.8. The normalized spacial score (nSPS) is 11.3. The average Bonchev–Trinajstić information content (AvgIpc) is 3.57. The lowest BCUT2D eigenvalue weighted by Crippen LogP contribution is -2.02. The van der Waals surface area contributed by atoms with Crippen LogP contribution in [0.25, 0.3) is 66.1 Å². The van der Waals surface area contributed by atoms with Crippen LogP contribution in [0.3, 0.4) is 0 Å². The molecule has 4 heteroatoms. The number of fused-ring (bicyclic) bond motifs is 6. The Morgan fingerprint density at radius 1 is 0.405 bits per heavy atom. The van der Waals surface area contributed by atoms with Gasteiger partial charge >= 0.3 is 0 Å². The molecule has 2 aromatic heterocycles. The van der Waals surface area contributed by atoms with E-state index in [0.717, 1.165) is 55.3 Å². The number of nitrogens with zero attached hydrogens (tertiary/aromatic N) is 4. The summed E-state index contributed by atoms with van der Waals surface area (Å²) in [5, 5.41) is 24.7. The minimum atomic E-state index is 0.595. The van der Waals surface area contributed by atoms with Gasteiger partial charge in [-0.05, 0) is 48.5 Å². The molecule has 0 aliphatic heterocycles. The maximum absolute atomic E-state index is 10.7. The van der Waals surface area contributed by atoms with E-state index >= 15 is 0 Å². The summed E-state index contributed by atoms with van der Waals surface area (Å²) in [6.45, 7) is 0. The van der Waals surface area contributed by atoms with Crippen molar-refractivity contribution >= 4 is 43.6 Å². The molecule has 8 aromatic rings. The molecular formula is C38H22N4. The van der Waals surface area contributed by atoms with Crippen LogP contribution in [0.2, 0.25) is 0 Å². The van der Waals surface area contributed by atoms with Crippen molar-refractivity contribution in [3.8, 4) is 34.6 Å². The van der Waals surface area contributed by atoms with Crippen LogP contribution < -0.4 is 0 Å². The van der Waals surface area contributed by atoms with Crippen molar-refractivity contribution in [1.82, 2.24) is 9.13 Å². The molecule has 0 N–H and O–H groups in total. The molecule has 0 aliphatic rings. The molecule has 0 radical (unpaired) electrons. The average molecular weight is 535 g/mol. The van der Waals surface area contributed by atoms with Gasteiger partial charge in [0.15, 0.2) is 0 Å². The Kier molecular flexibility index (Phi) is 5.22. The summed E-state index contributed by atoms with van der Waals surface area (Å²) in [5.74, 6) is 0. The van der Waals surface area contributed by atoms with E-state index in [1.807, 2.05) is 54.6 Å². The van der Waals surface area contributed by atoms with E-state index in [1.54, 1.807) is 0 Å². The maximum atomic E-state index is 10.7. The van der Waals surface area contributed by atoms with Gasteiger partial charge in [0.05, 0.1) is 50.6 Å². The van der Waals surface area contributed by atoms with Gasteiger partial charge < -0.3 is 9.13 Å². The largest absolute Gasteiger partial charge is 0.309 e. The summed E-state index contributed by atoms with van der Waals surface area (Å²) in [6, 6.07) is 50.1. The number of rotatable bonds is 3. The molecule has 8 rings (SSSR count). The molecule has 0 amide bonds. The number of benzene rings is 6. The second-order valence-electron chi connectivity index (χ2n) is 10.4. The molecule has 0 aliphatic carbocycles. The summed E-state index contributed by atoms with van der Waals surface area (Å²) in [4.78, 5) is 0. The summed E-state index contributed by atoms with van der Waals surface area (Å²) in [7, 11) is 0. The van der Waals surface area contributed by atoms with E-state index in [1.165, 1.54) is 10.8 Å². The minimum absolute atomic E-state index is 0.595. The molecular weight excluding hydrogens is 512 g/mol. The molecule has 0 fully saturated rings. The first-order valence-electron chi connectivity index (χ1n) is 13.8. The number of para-hydroxylation sites is 4. The summed E-state index contributed by atoms with van der Waals surface area (Å²) < 4.78 is 4.45. The third-order valence-corrected chi connectivity index (χ3v) is 8.21. The standard InChI is InChI=1S/C38H22N4/c39-23-25-20-21-38-31(22-25)30-13-4-8-18-36(30)42(38)37-19-9-14-26(32(37)24-40)27-10-1-5-15-33(27)41-34-16-6-2-11-28(34)29-12-3-7-17-35(29)41/h1-22H. The first kappa shape index (κ1) is 23.8. The van der Waals surface area contributed by atoms with Gasteiger partial charge in [0.2, 0.25) is 0 Å². The third kappa shape index (κ3) is 3.33. The zero-order valence-electron chi connectivity index (χ0n) is 22.5. The number of nitriles is 2. The highest BCUT2D eigenvalue weighted by Gasteiger charge is 2.20. The Labute approximate surface area is 242 Å². The number of hydrogen-bond donors (Lipinski definition) is 0. The van der Waals surface area contributed by atoms with Crippen LogP contribution in [-0.2, 0) is 0 Å². The Hall–Kier alpha value is -6.10. The fraction of sp³-hybridized carbons (Fsp3) is 0. The van der Waals surface area contributed by atoms with Gasteiger partial charge in [0, 0.05) is 32.7 Å². The van der Waals surface area contributed by atoms with E-state index in [-0.39, 0.29) is 0 Å². The van der Waals surface area contributed by atoms with Crippen LogP contribution in [-0.4, -0.2) is 9.13 Å². The smallest absolute Gasteiger partial charge is 0.102 e. The highest BCUT2D eigenvalue weighted by atomic mass is 15.0. The molecule has 6 aromatic carbocycles. The molecule has 2 heterocycles. The van der Waals surface area contributed by atoms with Crippen LogP contribution in [0.15, 0.2) is 133 Å². The molecule has 0 bridgehead atoms. The maximum Gasteiger partial charge on any atom is 0.102 e. The zero-order chi connectivity index (χ0) is 28.2. The molecule has 0 saturated heterocycles. The highest BCUT2D eigenvalue weighted by molar-refractivity contribution is 6.11. The van der Waals surface area contributed by atoms with Gasteiger partial charge in [-0.1, -0.05) is 84.9 Å². The molecule has 194 valence electrons. The Morgan fingerprint density at radius 2 is 0.905 bits per heavy atom. The van der Waals surface area contributed by atoms with E-state index in [2.05, 4.69) is 100 Å². The fourth-order valence-electron chi connectivity index (χ4n) is 6.45. The summed E-state index contributed by atoms with van der Waals surface area (Å²) in [6.07, 6.45) is 0. The third-order valence-electron chi connectivity index (χ3n) is 8.21. The van der Waals surface area contributed by atoms with Gasteiger partial charge in [0.1, 0.15) is 6.07 Å². The lowest BCUT2D eigenvalue weighted by Gasteiger charge is -2.17. The second-order valence-corrected chi connectivity index (χ2v) is 10.4. The van der Waals surface area contributed by atoms with Crippen molar-refractivity contribution in [2.24, 2.45) is 0 Å². The van der Waals surface area contributed by atoms with Crippen molar-refractivity contribution in [1.29, 1.82) is 10.5 Å². The number of hydrogen-bond acceptors (Lipinski definition) is 2. The zero-order valence-corrected chi connectivity index (χ0v) is 22.5. The molecule has 0 spiro atoms. The SMILES string of the molecule is N#Cc1ccc2c(c1)c1ccccc1n2-c1cccc(-c2ccccc2-n2c3ccccc3c3ccccc32)c1C#N. The van der Waals surface area contributed by atoms with Gasteiger partial charge in [-0.25, -0.2) is 0 Å². The fourth-order valence-corrected chi connectivity index (χ4v) is 6.45. The van der Waals surface area contributed by atoms with E-state index in [4.69, 9.17) is 0 Å². The van der Waals surface area contributed by atoms with E-state index in [9.17, 15) is 10.5 Å². The van der Waals surface area contributed by atoms with Crippen molar-refractivity contribution < 1.29 is 0 Å². The number of aromatic nitrogens is 2. The van der Waals surface area contributed by atoms with Crippen LogP contribution >= 0.6 is 0 Å². The molecule has 0 unspecified atom stereocenters. The Morgan fingerprint density at radius 3 is 1.55 bits per heavy atom. The lowest BCUT2D eigenvalue weighted by molar-refractivity contribution is 1.16. The molecule has 0 atom stereocenters. The van der Waals surface area contributed by atoms with Crippen LogP contribution in [0.4, 0.5) is 0 Å². The molecule has 4 nitrogen and oxygen atoms in total. The van der Waals surface area contributed by atoms with E-state index < -0.39 is 0 Å². The summed E-state index contributed by atoms with van der Waals surface area (Å²) in [5.41, 5.74) is 9.08. The second kappa shape index (κ2) is 9.24.